The summed E-state index contributed by atoms with van der Waals surface area (Å²) >= 11 is 0. The van der Waals surface area contributed by atoms with Crippen LogP contribution in [0.15, 0.2) is 0 Å². The SMILES string of the molecule is CN(C)C=O.[BH4-].[Na+]. The monoisotopic (exact) mass is 111 g/mol. The minimum absolute atomic E-state index is 0. The van der Waals surface area contributed by atoms with Gasteiger partial charge in [0.2, 0.25) is 6.41 Å². The summed E-state index contributed by atoms with van der Waals surface area (Å²) in [7, 11) is 3.38. The zero-order valence-corrected chi connectivity index (χ0v) is 6.43. The summed E-state index contributed by atoms with van der Waals surface area (Å²) < 4.78 is 0. The van der Waals surface area contributed by atoms with E-state index in [1.54, 1.807) is 14.1 Å². The van der Waals surface area contributed by atoms with Crippen LogP contribution in [0, 0.1) is 0 Å². The van der Waals surface area contributed by atoms with Gasteiger partial charge in [0.15, 0.2) is 0 Å². The third-order valence-electron chi connectivity index (χ3n) is 0.211. The molecule has 7 heavy (non-hydrogen) atoms. The molecule has 4 heteroatoms. The van der Waals surface area contributed by atoms with E-state index in [-0.39, 0.29) is 38.0 Å². The van der Waals surface area contributed by atoms with Gasteiger partial charge in [-0.15, -0.1) is 0 Å². The maximum absolute atomic E-state index is 9.43. The fraction of sp³-hybridized carbons (Fsp3) is 0.667. The molecule has 38 valence electrons. The Bertz CT molecular complexity index is 41.9. The fourth-order valence-electron chi connectivity index (χ4n) is 0. The summed E-state index contributed by atoms with van der Waals surface area (Å²) in [6, 6.07) is 0. The molecule has 0 aromatic rings. The van der Waals surface area contributed by atoms with Crippen LogP contribution in [0.3, 0.4) is 0 Å². The van der Waals surface area contributed by atoms with E-state index >= 15 is 0 Å². The molecule has 0 aromatic carbocycles. The normalized spacial score (nSPS) is 4.86. The van der Waals surface area contributed by atoms with Crippen molar-refractivity contribution >= 4 is 14.8 Å². The summed E-state index contributed by atoms with van der Waals surface area (Å²) in [5, 5.41) is 0. The van der Waals surface area contributed by atoms with Crippen molar-refractivity contribution in [3.63, 3.8) is 0 Å². The molecular formula is C3H11BNNaO. The zero-order valence-electron chi connectivity index (χ0n) is 4.43. The Kier molecular flexibility index (Phi) is 21.8. The summed E-state index contributed by atoms with van der Waals surface area (Å²) in [5.74, 6) is 0. The van der Waals surface area contributed by atoms with Crippen LogP contribution >= 0.6 is 0 Å². The van der Waals surface area contributed by atoms with Gasteiger partial charge in [0, 0.05) is 14.1 Å². The molecule has 0 aliphatic carbocycles. The number of nitrogens with zero attached hydrogens (tertiary/aromatic N) is 1. The quantitative estimate of drug-likeness (QED) is 0.246. The van der Waals surface area contributed by atoms with E-state index in [1.165, 1.54) is 4.90 Å². The Labute approximate surface area is 68.1 Å². The van der Waals surface area contributed by atoms with Gasteiger partial charge in [-0.1, -0.05) is 8.41 Å². The second kappa shape index (κ2) is 9.73. The van der Waals surface area contributed by atoms with E-state index in [2.05, 4.69) is 0 Å². The number of carbonyl (C=O) groups is 1. The minimum Gasteiger partial charge on any atom is -0.351 e. The first-order chi connectivity index (χ1) is 2.27. The van der Waals surface area contributed by atoms with E-state index in [9.17, 15) is 4.79 Å². The number of amides is 1. The molecule has 0 aliphatic rings. The Morgan fingerprint density at radius 3 is 1.57 bits per heavy atom. The second-order valence-electron chi connectivity index (χ2n) is 1.07. The van der Waals surface area contributed by atoms with Gasteiger partial charge in [-0.25, -0.2) is 0 Å². The predicted octanol–water partition coefficient (Wildman–Crippen LogP) is -4.74. The molecule has 0 fully saturated rings. The van der Waals surface area contributed by atoms with Crippen LogP contribution in [0.25, 0.3) is 0 Å². The van der Waals surface area contributed by atoms with Crippen molar-refractivity contribution in [2.24, 2.45) is 0 Å². The first kappa shape index (κ1) is 15.6. The van der Waals surface area contributed by atoms with Crippen LogP contribution in [0.5, 0.6) is 0 Å². The molecule has 1 amide bonds. The molecule has 0 aromatic heterocycles. The Morgan fingerprint density at radius 1 is 1.43 bits per heavy atom. The summed E-state index contributed by atoms with van der Waals surface area (Å²) in [6.07, 6.45) is 0.750. The minimum atomic E-state index is 0. The second-order valence-corrected chi connectivity index (χ2v) is 1.07. The van der Waals surface area contributed by atoms with Crippen molar-refractivity contribution in [2.75, 3.05) is 14.1 Å². The van der Waals surface area contributed by atoms with Crippen molar-refractivity contribution in [2.45, 2.75) is 0 Å². The molecule has 0 saturated carbocycles. The van der Waals surface area contributed by atoms with Gasteiger partial charge in [-0.3, -0.25) is 4.79 Å². The largest absolute Gasteiger partial charge is 1.00 e. The summed E-state index contributed by atoms with van der Waals surface area (Å²) in [6.45, 7) is 0. The number of carbonyl (C=O) groups excluding carboxylic acids is 1. The maximum atomic E-state index is 9.43. The molecule has 0 unspecified atom stereocenters. The van der Waals surface area contributed by atoms with Crippen molar-refractivity contribution in [1.82, 2.24) is 4.90 Å². The predicted molar refractivity (Wildman–Crippen MR) is 31.1 cm³/mol. The fourth-order valence-corrected chi connectivity index (χ4v) is 0. The molecular weight excluding hydrogens is 99.8 g/mol. The molecule has 0 radical (unpaired) electrons. The van der Waals surface area contributed by atoms with Gasteiger partial charge in [0.05, 0.1) is 0 Å². The molecule has 0 N–H and O–H groups in total. The van der Waals surface area contributed by atoms with Crippen LogP contribution in [-0.4, -0.2) is 33.8 Å². The molecule has 0 saturated heterocycles. The van der Waals surface area contributed by atoms with Crippen molar-refractivity contribution in [3.05, 3.63) is 0 Å². The van der Waals surface area contributed by atoms with Gasteiger partial charge in [-0.2, -0.15) is 0 Å². The zero-order chi connectivity index (χ0) is 4.28. The molecule has 0 aliphatic heterocycles. The van der Waals surface area contributed by atoms with E-state index in [4.69, 9.17) is 0 Å². The third kappa shape index (κ3) is 20.9. The number of hydrogen-bond donors (Lipinski definition) is 0. The van der Waals surface area contributed by atoms with Crippen molar-refractivity contribution in [1.29, 1.82) is 0 Å². The van der Waals surface area contributed by atoms with Gasteiger partial charge in [0.25, 0.3) is 0 Å². The maximum Gasteiger partial charge on any atom is 1.00 e. The van der Waals surface area contributed by atoms with Crippen molar-refractivity contribution < 1.29 is 34.4 Å². The average Bonchev–Trinajstić information content (AvgIpc) is 1.38. The topological polar surface area (TPSA) is 20.3 Å². The molecule has 0 bridgehead atoms. The number of hydrogen-bond acceptors (Lipinski definition) is 1. The van der Waals surface area contributed by atoms with Crippen LogP contribution in [0.1, 0.15) is 0 Å². The Hall–Kier alpha value is 0.535. The van der Waals surface area contributed by atoms with Gasteiger partial charge < -0.3 is 4.90 Å². The van der Waals surface area contributed by atoms with Crippen LogP contribution in [0.4, 0.5) is 0 Å². The van der Waals surface area contributed by atoms with Gasteiger partial charge in [0.1, 0.15) is 0 Å². The standard InChI is InChI=1S/C3H7NO.BH4.Na/c1-4(2)3-5;;/h3H,1-2H3;1H4;/q;-1;+1. The average molecular weight is 111 g/mol. The van der Waals surface area contributed by atoms with Crippen molar-refractivity contribution in [3.8, 4) is 0 Å². The molecule has 0 heterocycles. The summed E-state index contributed by atoms with van der Waals surface area (Å²) in [5.41, 5.74) is 0. The van der Waals surface area contributed by atoms with Gasteiger partial charge in [-0.05, 0) is 0 Å². The van der Waals surface area contributed by atoms with E-state index in [0.717, 1.165) is 6.41 Å². The van der Waals surface area contributed by atoms with Crippen LogP contribution in [0.2, 0.25) is 0 Å². The summed E-state index contributed by atoms with van der Waals surface area (Å²) in [4.78, 5) is 10.9. The van der Waals surface area contributed by atoms with E-state index < -0.39 is 0 Å². The van der Waals surface area contributed by atoms with E-state index in [0.29, 0.717) is 0 Å². The van der Waals surface area contributed by atoms with Crippen LogP contribution < -0.4 is 29.6 Å². The first-order valence-corrected chi connectivity index (χ1v) is 1.39. The Morgan fingerprint density at radius 2 is 1.57 bits per heavy atom. The molecule has 0 rings (SSSR count). The molecule has 0 spiro atoms. The number of rotatable bonds is 1. The molecule has 0 atom stereocenters. The van der Waals surface area contributed by atoms with Gasteiger partial charge >= 0.3 is 29.6 Å². The first-order valence-electron chi connectivity index (χ1n) is 1.39. The smallest absolute Gasteiger partial charge is 0.351 e. The Balaban J connectivity index is -0.0000000800. The van der Waals surface area contributed by atoms with Crippen LogP contribution in [-0.2, 0) is 4.79 Å². The molecule has 2 nitrogen and oxygen atoms in total. The third-order valence-corrected chi connectivity index (χ3v) is 0.211. The van der Waals surface area contributed by atoms with E-state index in [1.807, 2.05) is 0 Å².